The molecule has 3 aromatic heterocycles. The van der Waals surface area contributed by atoms with E-state index in [0.717, 1.165) is 59.5 Å². The van der Waals surface area contributed by atoms with Gasteiger partial charge in [0.2, 0.25) is 0 Å². The van der Waals surface area contributed by atoms with Gasteiger partial charge in [0.15, 0.2) is 5.69 Å². The topological polar surface area (TPSA) is 60.5 Å². The quantitative estimate of drug-likeness (QED) is 0.476. The molecular formula is C22H23F3N6O. The molecule has 0 amide bonds. The first-order valence-corrected chi connectivity index (χ1v) is 10.5. The molecule has 5 rings (SSSR count). The van der Waals surface area contributed by atoms with Gasteiger partial charge in [0.05, 0.1) is 18.3 Å². The number of halogens is 3. The number of benzene rings is 1. The van der Waals surface area contributed by atoms with E-state index in [2.05, 4.69) is 36.8 Å². The van der Waals surface area contributed by atoms with Crippen LogP contribution in [0.25, 0.3) is 16.7 Å². The van der Waals surface area contributed by atoms with Crippen LogP contribution in [0.3, 0.4) is 0 Å². The van der Waals surface area contributed by atoms with Crippen LogP contribution in [0, 0.1) is 0 Å². The van der Waals surface area contributed by atoms with Gasteiger partial charge < -0.3 is 9.30 Å². The molecule has 1 saturated heterocycles. The fraction of sp³-hybridized carbons (Fsp3) is 0.409. The molecule has 7 nitrogen and oxygen atoms in total. The summed E-state index contributed by atoms with van der Waals surface area (Å²) in [5.74, 6) is 0.690. The summed E-state index contributed by atoms with van der Waals surface area (Å²) in [6.45, 7) is 2.25. The van der Waals surface area contributed by atoms with E-state index in [-0.39, 0.29) is 11.7 Å². The average molecular weight is 444 g/mol. The monoisotopic (exact) mass is 444 g/mol. The summed E-state index contributed by atoms with van der Waals surface area (Å²) in [4.78, 5) is 10.6. The lowest BCUT2D eigenvalue weighted by atomic mass is 9.93. The van der Waals surface area contributed by atoms with Crippen LogP contribution in [-0.2, 0) is 19.8 Å². The zero-order chi connectivity index (χ0) is 22.5. The summed E-state index contributed by atoms with van der Waals surface area (Å²) < 4.78 is 48.9. The van der Waals surface area contributed by atoms with Gasteiger partial charge in [-0.3, -0.25) is 4.90 Å². The fourth-order valence-corrected chi connectivity index (χ4v) is 4.62. The van der Waals surface area contributed by atoms with Crippen LogP contribution in [0.1, 0.15) is 35.7 Å². The molecule has 1 unspecified atom stereocenters. The standard InChI is InChI=1S/C22H23F3N6O/c1-29-10-15(17-6-5-16(32-2)8-19(17)29)12-30-7-3-4-14(11-30)18-9-20(22(23,24)25)31-21(28-18)26-13-27-31/h5-6,8-10,13-14H,3-4,7,11-12H2,1-2H3. The molecule has 1 fully saturated rings. The molecule has 0 spiro atoms. The number of rotatable bonds is 4. The summed E-state index contributed by atoms with van der Waals surface area (Å²) in [6.07, 6.45) is 0.365. The molecule has 4 aromatic rings. The van der Waals surface area contributed by atoms with Crippen LogP contribution in [0.5, 0.6) is 5.75 Å². The molecule has 0 bridgehead atoms. The summed E-state index contributed by atoms with van der Waals surface area (Å²) in [6, 6.07) is 7.14. The largest absolute Gasteiger partial charge is 0.497 e. The highest BCUT2D eigenvalue weighted by atomic mass is 19.4. The highest BCUT2D eigenvalue weighted by Gasteiger charge is 2.36. The molecule has 168 valence electrons. The van der Waals surface area contributed by atoms with E-state index in [4.69, 9.17) is 4.74 Å². The van der Waals surface area contributed by atoms with Crippen molar-refractivity contribution in [3.8, 4) is 5.75 Å². The number of alkyl halides is 3. The Balaban J connectivity index is 1.42. The third-order valence-corrected chi connectivity index (χ3v) is 6.16. The van der Waals surface area contributed by atoms with Gasteiger partial charge >= 0.3 is 6.18 Å². The van der Waals surface area contributed by atoms with Crippen LogP contribution >= 0.6 is 0 Å². The van der Waals surface area contributed by atoms with E-state index < -0.39 is 11.9 Å². The maximum atomic E-state index is 13.6. The molecule has 10 heteroatoms. The Morgan fingerprint density at radius 1 is 1.22 bits per heavy atom. The second-order valence-electron chi connectivity index (χ2n) is 8.26. The number of hydrogen-bond acceptors (Lipinski definition) is 5. The first-order valence-electron chi connectivity index (χ1n) is 10.5. The Morgan fingerprint density at radius 2 is 2.06 bits per heavy atom. The van der Waals surface area contributed by atoms with Gasteiger partial charge in [-0.15, -0.1) is 0 Å². The maximum Gasteiger partial charge on any atom is 0.433 e. The molecule has 1 atom stereocenters. The number of aromatic nitrogens is 5. The molecule has 0 N–H and O–H groups in total. The van der Waals surface area contributed by atoms with Crippen molar-refractivity contribution in [3.05, 3.63) is 53.7 Å². The molecular weight excluding hydrogens is 421 g/mol. The second-order valence-corrected chi connectivity index (χ2v) is 8.26. The van der Waals surface area contributed by atoms with Crippen LogP contribution in [0.4, 0.5) is 13.2 Å². The minimum Gasteiger partial charge on any atom is -0.497 e. The Labute approximate surface area is 182 Å². The predicted molar refractivity (Wildman–Crippen MR) is 113 cm³/mol. The van der Waals surface area contributed by atoms with Crippen molar-refractivity contribution < 1.29 is 17.9 Å². The van der Waals surface area contributed by atoms with Gasteiger partial charge in [0.25, 0.3) is 5.78 Å². The SMILES string of the molecule is COc1ccc2c(CN3CCCC(c4cc(C(F)(F)F)n5ncnc5n4)C3)cn(C)c2c1. The van der Waals surface area contributed by atoms with Crippen LogP contribution < -0.4 is 4.74 Å². The van der Waals surface area contributed by atoms with Gasteiger partial charge in [-0.2, -0.15) is 27.8 Å². The lowest BCUT2D eigenvalue weighted by Crippen LogP contribution is -2.34. The van der Waals surface area contributed by atoms with E-state index in [1.807, 2.05) is 19.2 Å². The van der Waals surface area contributed by atoms with E-state index in [1.165, 1.54) is 5.56 Å². The lowest BCUT2D eigenvalue weighted by Gasteiger charge is -2.32. The molecule has 4 heterocycles. The zero-order valence-electron chi connectivity index (χ0n) is 17.8. The van der Waals surface area contributed by atoms with Gasteiger partial charge in [-0.05, 0) is 43.1 Å². The number of piperidine rings is 1. The number of aryl methyl sites for hydroxylation is 1. The summed E-state index contributed by atoms with van der Waals surface area (Å²) in [5, 5.41) is 4.84. The third-order valence-electron chi connectivity index (χ3n) is 6.16. The van der Waals surface area contributed by atoms with Crippen molar-refractivity contribution in [3.63, 3.8) is 0 Å². The van der Waals surface area contributed by atoms with Crippen LogP contribution in [0.15, 0.2) is 36.8 Å². The molecule has 1 aliphatic rings. The van der Waals surface area contributed by atoms with E-state index >= 15 is 0 Å². The van der Waals surface area contributed by atoms with Crippen molar-refractivity contribution in [1.29, 1.82) is 0 Å². The van der Waals surface area contributed by atoms with Crippen molar-refractivity contribution in [2.24, 2.45) is 7.05 Å². The first-order chi connectivity index (χ1) is 15.3. The van der Waals surface area contributed by atoms with Crippen LogP contribution in [-0.4, -0.2) is 49.2 Å². The summed E-state index contributed by atoms with van der Waals surface area (Å²) in [7, 11) is 3.65. The third kappa shape index (κ3) is 3.68. The zero-order valence-corrected chi connectivity index (χ0v) is 17.8. The predicted octanol–water partition coefficient (Wildman–Crippen LogP) is 4.02. The normalized spacial score (nSPS) is 18.0. The first kappa shape index (κ1) is 20.7. The van der Waals surface area contributed by atoms with Crippen molar-refractivity contribution in [2.75, 3.05) is 20.2 Å². The van der Waals surface area contributed by atoms with Gasteiger partial charge in [-0.25, -0.2) is 4.98 Å². The maximum absolute atomic E-state index is 13.6. The number of hydrogen-bond donors (Lipinski definition) is 0. The van der Waals surface area contributed by atoms with Crippen molar-refractivity contribution >= 4 is 16.7 Å². The number of nitrogens with zero attached hydrogens (tertiary/aromatic N) is 6. The lowest BCUT2D eigenvalue weighted by molar-refractivity contribution is -0.142. The van der Waals surface area contributed by atoms with Gasteiger partial charge in [0.1, 0.15) is 12.1 Å². The van der Waals surface area contributed by atoms with Gasteiger partial charge in [0, 0.05) is 43.7 Å². The minimum absolute atomic E-state index is 0.0186. The van der Waals surface area contributed by atoms with Crippen molar-refractivity contribution in [2.45, 2.75) is 31.5 Å². The average Bonchev–Trinajstić information content (AvgIpc) is 3.36. The summed E-state index contributed by atoms with van der Waals surface area (Å²) in [5.41, 5.74) is 1.85. The van der Waals surface area contributed by atoms with E-state index in [1.54, 1.807) is 7.11 Å². The van der Waals surface area contributed by atoms with Crippen LogP contribution in [0.2, 0.25) is 0 Å². The Hall–Kier alpha value is -3.14. The molecule has 0 saturated carbocycles. The Bertz CT molecular complexity index is 1280. The van der Waals surface area contributed by atoms with Crippen molar-refractivity contribution in [1.82, 2.24) is 29.0 Å². The fourth-order valence-electron chi connectivity index (χ4n) is 4.62. The number of likely N-dealkylation sites (tertiary alicyclic amines) is 1. The number of methoxy groups -OCH3 is 1. The Morgan fingerprint density at radius 3 is 2.84 bits per heavy atom. The molecule has 1 aromatic carbocycles. The highest BCUT2D eigenvalue weighted by molar-refractivity contribution is 5.85. The smallest absolute Gasteiger partial charge is 0.433 e. The molecule has 32 heavy (non-hydrogen) atoms. The number of fused-ring (bicyclic) bond motifs is 2. The molecule has 0 aliphatic carbocycles. The minimum atomic E-state index is -4.53. The molecule has 1 aliphatic heterocycles. The van der Waals surface area contributed by atoms with Gasteiger partial charge in [-0.1, -0.05) is 0 Å². The number of ether oxygens (including phenoxy) is 1. The van der Waals surface area contributed by atoms with E-state index in [9.17, 15) is 13.2 Å². The Kier molecular flexibility index (Phi) is 5.04. The second kappa shape index (κ2) is 7.77. The highest BCUT2D eigenvalue weighted by Crippen LogP contribution is 2.34. The molecule has 0 radical (unpaired) electrons. The summed E-state index contributed by atoms with van der Waals surface area (Å²) >= 11 is 0. The van der Waals surface area contributed by atoms with E-state index in [0.29, 0.717) is 12.2 Å².